The van der Waals surface area contributed by atoms with Gasteiger partial charge in [-0.1, -0.05) is 6.08 Å². The molecule has 5 aliphatic carbocycles. The summed E-state index contributed by atoms with van der Waals surface area (Å²) in [5.74, 6) is -1.31. The van der Waals surface area contributed by atoms with Gasteiger partial charge in [0.25, 0.3) is 0 Å². The predicted octanol–water partition coefficient (Wildman–Crippen LogP) is 4.41. The van der Waals surface area contributed by atoms with Gasteiger partial charge in [0, 0.05) is 120 Å². The van der Waals surface area contributed by atoms with Crippen LogP contribution in [0.3, 0.4) is 0 Å². The van der Waals surface area contributed by atoms with Gasteiger partial charge < -0.3 is 23.7 Å². The van der Waals surface area contributed by atoms with E-state index in [4.69, 9.17) is 23.7 Å². The lowest BCUT2D eigenvalue weighted by Gasteiger charge is -2.43. The highest BCUT2D eigenvalue weighted by Gasteiger charge is 2.75. The second-order valence-electron chi connectivity index (χ2n) is 27.6. The van der Waals surface area contributed by atoms with Crippen molar-refractivity contribution < 1.29 is 47.7 Å². The first-order valence-electron chi connectivity index (χ1n) is 29.8. The van der Waals surface area contributed by atoms with Gasteiger partial charge in [0.1, 0.15) is 0 Å². The number of carbonyl (C=O) groups excluding carboxylic acids is 5. The lowest BCUT2D eigenvalue weighted by atomic mass is 9.61. The fourth-order valence-electron chi connectivity index (χ4n) is 23.8. The summed E-state index contributed by atoms with van der Waals surface area (Å²) in [5, 5.41) is 0. The van der Waals surface area contributed by atoms with E-state index in [9.17, 15) is 9.59 Å². The first-order valence-corrected chi connectivity index (χ1v) is 29.8. The number of esters is 5. The van der Waals surface area contributed by atoms with E-state index in [-0.39, 0.29) is 114 Å². The Morgan fingerprint density at radius 3 is 1.29 bits per heavy atom. The summed E-state index contributed by atoms with van der Waals surface area (Å²) in [4.78, 5) is 85.6. The van der Waals surface area contributed by atoms with Crippen LogP contribution in [0, 0.1) is 23.7 Å². The van der Waals surface area contributed by atoms with Crippen molar-refractivity contribution in [1.29, 1.82) is 0 Å². The molecular formula is C60H65N5O10. The predicted molar refractivity (Wildman–Crippen MR) is 263 cm³/mol. The second kappa shape index (κ2) is 13.4. The van der Waals surface area contributed by atoms with E-state index in [1.54, 1.807) is 12.2 Å². The molecule has 20 rings (SSSR count). The Bertz CT molecular complexity index is 3120. The number of nitrogens with zero attached hydrogens (tertiary/aromatic N) is 5. The number of rotatable bonds is 4. The third-order valence-electron chi connectivity index (χ3n) is 25.7. The Morgan fingerprint density at radius 1 is 0.400 bits per heavy atom. The number of fused-ring (bicyclic) bond motifs is 15. The lowest BCUT2D eigenvalue weighted by Crippen LogP contribution is -2.47. The summed E-state index contributed by atoms with van der Waals surface area (Å²) in [7, 11) is 0. The molecule has 0 N–H and O–H groups in total. The van der Waals surface area contributed by atoms with E-state index >= 15 is 14.4 Å². The zero-order valence-electron chi connectivity index (χ0n) is 42.6. The van der Waals surface area contributed by atoms with Gasteiger partial charge in [0.05, 0.1) is 30.2 Å². The Kier molecular flexibility index (Phi) is 7.58. The molecule has 75 heavy (non-hydrogen) atoms. The molecule has 0 aromatic heterocycles. The summed E-state index contributed by atoms with van der Waals surface area (Å²) in [6.07, 6.45) is 22.6. The third-order valence-corrected chi connectivity index (χ3v) is 25.7. The van der Waals surface area contributed by atoms with Crippen LogP contribution in [0.25, 0.3) is 0 Å². The highest BCUT2D eigenvalue weighted by molar-refractivity contribution is 5.99. The van der Waals surface area contributed by atoms with Gasteiger partial charge in [-0.2, -0.15) is 0 Å². The number of ether oxygens (including phenoxy) is 5. The van der Waals surface area contributed by atoms with Crippen LogP contribution in [0.4, 0.5) is 0 Å². The van der Waals surface area contributed by atoms with Gasteiger partial charge in [-0.15, -0.1) is 0 Å². The van der Waals surface area contributed by atoms with Gasteiger partial charge >= 0.3 is 29.8 Å². The van der Waals surface area contributed by atoms with E-state index in [1.165, 1.54) is 11.1 Å². The summed E-state index contributed by atoms with van der Waals surface area (Å²) >= 11 is 0. The van der Waals surface area contributed by atoms with Crippen molar-refractivity contribution in [3.8, 4) is 0 Å². The van der Waals surface area contributed by atoms with Crippen LogP contribution in [0.15, 0.2) is 68.4 Å². The standard InChI is InChI=1S/C60H65N5O10/c66-47-18-28-16-33(39-24-56(28,71-47)42-6-2-13-63(39)42)49-36-21-31(38-26-58(36,73-53(49)68)44-8-4-12-62(38)44)32-20-30-23-60(46-10-1-11-61(30)46)52(32)51(55(70)75-60)35-22-37-50(54(69)74-59(37)27-41(35)65-15-5-9-45(59)65)34-17-29-19-48(67)72-57(29)25-40(34)64-14-3-7-43(57)64/h18-20,30-31,33-35,38-46H,1-17,21-27H2/t30-,31?,33?,34?,35?,38+,39+,40+,41+,42?,43?,44?,45?,46?,56+,57+,58+,59+,60-/m1/s1. The molecule has 0 aromatic carbocycles. The Balaban J connectivity index is 0.757. The van der Waals surface area contributed by atoms with E-state index in [0.717, 1.165) is 162 Å². The SMILES string of the molecule is O=C1C=C2CC(C3=C4CC(C5=C[C@@H]6C[C@@]7(OC(=O)C(C8CC9=C(C%10CC%11=CC(=O)O[C@@]%11%12C[C@@H]%10N%10CCCC%10%12)C(=O)O[C@@]9%10C[C@@H]8N8CCCC8%10)=C57)C5CCCN56)[C@@H]5C[C@@]4(OC3=O)C3CCCN35)[C@@H]3C[C@@]2(O1)C1CCCN13. The van der Waals surface area contributed by atoms with Crippen LogP contribution in [-0.4, -0.2) is 175 Å². The molecule has 390 valence electrons. The minimum absolute atomic E-state index is 0.0271. The number of hydrogen-bond donors (Lipinski definition) is 0. The molecule has 0 amide bonds. The van der Waals surface area contributed by atoms with Crippen molar-refractivity contribution in [3.63, 3.8) is 0 Å². The molecule has 0 radical (unpaired) electrons. The maximum atomic E-state index is 15.8. The molecule has 15 heteroatoms. The van der Waals surface area contributed by atoms with Crippen LogP contribution in [0.5, 0.6) is 0 Å². The molecule has 0 aromatic rings. The molecular weight excluding hydrogens is 951 g/mol. The van der Waals surface area contributed by atoms with Crippen LogP contribution in [-0.2, 0) is 47.7 Å². The second-order valence-corrected chi connectivity index (χ2v) is 27.6. The maximum Gasteiger partial charge on any atom is 0.335 e. The molecule has 15 heterocycles. The molecule has 14 fully saturated rings. The summed E-state index contributed by atoms with van der Waals surface area (Å²) in [6.45, 7) is 4.77. The van der Waals surface area contributed by atoms with E-state index < -0.39 is 28.0 Å². The zero-order chi connectivity index (χ0) is 49.2. The largest absolute Gasteiger partial charge is 0.450 e. The van der Waals surface area contributed by atoms with Gasteiger partial charge in [-0.25, -0.2) is 24.0 Å². The highest BCUT2D eigenvalue weighted by Crippen LogP contribution is 2.69. The molecule has 10 bridgehead atoms. The molecule has 5 spiro atoms. The van der Waals surface area contributed by atoms with Gasteiger partial charge in [-0.3, -0.25) is 24.5 Å². The van der Waals surface area contributed by atoms with E-state index in [0.29, 0.717) is 32.1 Å². The van der Waals surface area contributed by atoms with Crippen molar-refractivity contribution in [2.75, 3.05) is 32.7 Å². The van der Waals surface area contributed by atoms with Gasteiger partial charge in [0.15, 0.2) is 28.0 Å². The Labute approximate surface area is 435 Å². The van der Waals surface area contributed by atoms with Crippen molar-refractivity contribution in [2.24, 2.45) is 23.7 Å². The smallest absolute Gasteiger partial charge is 0.335 e. The molecule has 4 saturated carbocycles. The fourth-order valence-corrected chi connectivity index (χ4v) is 23.8. The number of carbonyl (C=O) groups is 5. The number of hydrogen-bond acceptors (Lipinski definition) is 15. The van der Waals surface area contributed by atoms with Gasteiger partial charge in [-0.05, 0) is 150 Å². The van der Waals surface area contributed by atoms with Crippen molar-refractivity contribution in [1.82, 2.24) is 24.5 Å². The third kappa shape index (κ3) is 4.58. The quantitative estimate of drug-likeness (QED) is 0.289. The molecule has 9 unspecified atom stereocenters. The average Bonchev–Trinajstić information content (AvgIpc) is 4.35. The molecule has 15 nitrogen and oxygen atoms in total. The lowest BCUT2D eigenvalue weighted by molar-refractivity contribution is -0.151. The molecule has 10 saturated heterocycles. The topological polar surface area (TPSA) is 148 Å². The fraction of sp³-hybridized carbons (Fsp3) is 0.717. The van der Waals surface area contributed by atoms with Crippen molar-refractivity contribution in [3.05, 3.63) is 68.4 Å². The van der Waals surface area contributed by atoms with Crippen LogP contribution in [0.2, 0.25) is 0 Å². The molecule has 15 aliphatic heterocycles. The normalized spacial score (nSPS) is 52.8. The molecule has 19 atom stereocenters. The first kappa shape index (κ1) is 42.6. The maximum absolute atomic E-state index is 15.8. The minimum Gasteiger partial charge on any atom is -0.450 e. The summed E-state index contributed by atoms with van der Waals surface area (Å²) < 4.78 is 33.8. The van der Waals surface area contributed by atoms with Crippen LogP contribution < -0.4 is 0 Å². The summed E-state index contributed by atoms with van der Waals surface area (Å²) in [5.41, 5.74) is 6.21. The monoisotopic (exact) mass is 1020 g/mol. The van der Waals surface area contributed by atoms with E-state index in [1.807, 2.05) is 0 Å². The Morgan fingerprint density at radius 2 is 0.787 bits per heavy atom. The van der Waals surface area contributed by atoms with Crippen molar-refractivity contribution in [2.45, 2.75) is 210 Å². The highest BCUT2D eigenvalue weighted by atomic mass is 16.6. The van der Waals surface area contributed by atoms with Gasteiger partial charge in [0.2, 0.25) is 0 Å². The average molecular weight is 1020 g/mol. The molecule has 20 aliphatic rings. The summed E-state index contributed by atoms with van der Waals surface area (Å²) in [6, 6.07) is 1.12. The first-order chi connectivity index (χ1) is 36.5. The minimum atomic E-state index is -0.753. The van der Waals surface area contributed by atoms with E-state index in [2.05, 4.69) is 30.6 Å². The van der Waals surface area contributed by atoms with Crippen LogP contribution in [0.1, 0.15) is 122 Å². The van der Waals surface area contributed by atoms with Crippen molar-refractivity contribution >= 4 is 29.8 Å². The Hall–Kier alpha value is -4.41. The van der Waals surface area contributed by atoms with Crippen LogP contribution >= 0.6 is 0 Å². The zero-order valence-corrected chi connectivity index (χ0v) is 42.6.